The van der Waals surface area contributed by atoms with Gasteiger partial charge in [0.15, 0.2) is 8.32 Å². The number of benzene rings is 1. The lowest BCUT2D eigenvalue weighted by Crippen LogP contribution is -2.60. The van der Waals surface area contributed by atoms with Crippen molar-refractivity contribution in [1.29, 1.82) is 0 Å². The third-order valence-corrected chi connectivity index (χ3v) is 10.9. The molecule has 27 heavy (non-hydrogen) atoms. The van der Waals surface area contributed by atoms with E-state index in [1.807, 2.05) is 37.4 Å². The van der Waals surface area contributed by atoms with Crippen molar-refractivity contribution >= 4 is 30.2 Å². The van der Waals surface area contributed by atoms with E-state index >= 15 is 0 Å². The Morgan fingerprint density at radius 3 is 2.56 bits per heavy atom. The molecular formula is C19H27BrN4O2Si. The summed E-state index contributed by atoms with van der Waals surface area (Å²) in [6.45, 7) is 13.0. The van der Waals surface area contributed by atoms with Gasteiger partial charge in [0, 0.05) is 10.0 Å². The number of hydrogen-bond donors (Lipinski definition) is 1. The number of halogens is 1. The predicted molar refractivity (Wildman–Crippen MR) is 112 cm³/mol. The summed E-state index contributed by atoms with van der Waals surface area (Å²) in [4.78, 5) is 12.3. The third kappa shape index (κ3) is 3.88. The number of aromatic nitrogens is 3. The Hall–Kier alpha value is -1.51. The smallest absolute Gasteiger partial charge is 0.231 e. The minimum atomic E-state index is -1.96. The summed E-state index contributed by atoms with van der Waals surface area (Å²) in [5.41, 5.74) is 1.73. The van der Waals surface area contributed by atoms with Crippen molar-refractivity contribution in [1.82, 2.24) is 20.3 Å². The fourth-order valence-corrected chi connectivity index (χ4v) is 4.92. The molecule has 146 valence electrons. The molecule has 6 nitrogen and oxygen atoms in total. The molecule has 1 saturated heterocycles. The maximum Gasteiger partial charge on any atom is 0.231 e. The largest absolute Gasteiger partial charge is 0.413 e. The van der Waals surface area contributed by atoms with E-state index in [2.05, 4.69) is 65.4 Å². The summed E-state index contributed by atoms with van der Waals surface area (Å²) in [6, 6.07) is 7.87. The van der Waals surface area contributed by atoms with Gasteiger partial charge in [-0.25, -0.2) is 4.68 Å². The molecule has 3 atom stereocenters. The number of amides is 1. The van der Waals surface area contributed by atoms with Crippen molar-refractivity contribution in [3.63, 3.8) is 0 Å². The maximum atomic E-state index is 12.3. The van der Waals surface area contributed by atoms with Gasteiger partial charge in [-0.1, -0.05) is 60.1 Å². The topological polar surface area (TPSA) is 69.0 Å². The first-order chi connectivity index (χ1) is 12.5. The second kappa shape index (κ2) is 7.14. The van der Waals surface area contributed by atoms with Gasteiger partial charge in [0.2, 0.25) is 5.91 Å². The van der Waals surface area contributed by atoms with Gasteiger partial charge in [-0.05, 0) is 31.1 Å². The summed E-state index contributed by atoms with van der Waals surface area (Å²) >= 11 is 3.54. The van der Waals surface area contributed by atoms with Gasteiger partial charge in [-0.15, -0.1) is 5.10 Å². The van der Waals surface area contributed by atoms with E-state index in [4.69, 9.17) is 4.43 Å². The van der Waals surface area contributed by atoms with Crippen LogP contribution in [0.4, 0.5) is 0 Å². The van der Waals surface area contributed by atoms with E-state index < -0.39 is 8.32 Å². The molecule has 1 aromatic heterocycles. The molecule has 1 N–H and O–H groups in total. The molecule has 1 aliphatic heterocycles. The van der Waals surface area contributed by atoms with Crippen molar-refractivity contribution in [3.05, 3.63) is 34.9 Å². The highest BCUT2D eigenvalue weighted by molar-refractivity contribution is 9.10. The average molecular weight is 451 g/mol. The molecule has 1 aromatic carbocycles. The molecular weight excluding hydrogens is 424 g/mol. The SMILES string of the molecule is C[C@@H](O[Si](C)(C)C(C)(C)C)[C@H]1C(=O)N[C@@H]1n1cc(-c2ccccc2Br)nn1. The molecule has 0 aliphatic carbocycles. The summed E-state index contributed by atoms with van der Waals surface area (Å²) in [5.74, 6) is -0.267. The highest BCUT2D eigenvalue weighted by Crippen LogP contribution is 2.40. The number of carbonyl (C=O) groups excluding carboxylic acids is 1. The molecule has 1 amide bonds. The minimum Gasteiger partial charge on any atom is -0.413 e. The molecule has 0 saturated carbocycles. The van der Waals surface area contributed by atoms with Crippen molar-refractivity contribution in [3.8, 4) is 11.3 Å². The number of rotatable bonds is 5. The van der Waals surface area contributed by atoms with Crippen LogP contribution in [0.2, 0.25) is 18.1 Å². The molecule has 2 aromatic rings. The Bertz CT molecular complexity index is 846. The number of β-lactam (4-membered cyclic amide) rings is 1. The Kier molecular flexibility index (Phi) is 5.35. The number of nitrogens with one attached hydrogen (secondary N) is 1. The maximum absolute atomic E-state index is 12.3. The average Bonchev–Trinajstić information content (AvgIpc) is 3.00. The van der Waals surface area contributed by atoms with Crippen molar-refractivity contribution < 1.29 is 9.22 Å². The van der Waals surface area contributed by atoms with Gasteiger partial charge in [-0.2, -0.15) is 0 Å². The van der Waals surface area contributed by atoms with Crippen LogP contribution in [0.15, 0.2) is 34.9 Å². The van der Waals surface area contributed by atoms with Crippen LogP contribution in [0.3, 0.4) is 0 Å². The first-order valence-electron chi connectivity index (χ1n) is 9.16. The van der Waals surface area contributed by atoms with Crippen molar-refractivity contribution in [2.75, 3.05) is 0 Å². The summed E-state index contributed by atoms with van der Waals surface area (Å²) in [7, 11) is -1.96. The molecule has 0 bridgehead atoms. The zero-order chi connectivity index (χ0) is 20.0. The van der Waals surface area contributed by atoms with Crippen LogP contribution in [-0.2, 0) is 9.22 Å². The fourth-order valence-electron chi connectivity index (χ4n) is 3.00. The predicted octanol–water partition coefficient (Wildman–Crippen LogP) is 4.36. The molecule has 0 radical (unpaired) electrons. The quantitative estimate of drug-likeness (QED) is 0.542. The monoisotopic (exact) mass is 450 g/mol. The number of nitrogens with zero attached hydrogens (tertiary/aromatic N) is 3. The highest BCUT2D eigenvalue weighted by atomic mass is 79.9. The van der Waals surface area contributed by atoms with Gasteiger partial charge in [-0.3, -0.25) is 4.79 Å². The van der Waals surface area contributed by atoms with E-state index in [9.17, 15) is 4.79 Å². The lowest BCUT2D eigenvalue weighted by Gasteiger charge is -2.45. The normalized spacial score (nSPS) is 21.5. The van der Waals surface area contributed by atoms with Crippen LogP contribution in [0.1, 0.15) is 33.9 Å². The molecule has 0 spiro atoms. The van der Waals surface area contributed by atoms with Crippen LogP contribution in [-0.4, -0.2) is 35.3 Å². The first kappa shape index (κ1) is 20.2. The Balaban J connectivity index is 1.78. The van der Waals surface area contributed by atoms with Crippen LogP contribution < -0.4 is 5.32 Å². The standard InChI is InChI=1S/C19H27BrN4O2Si/c1-12(26-27(5,6)19(2,3)4)16-17(21-18(16)25)24-11-15(22-23-24)13-9-7-8-10-14(13)20/h7-12,16-17H,1-6H3,(H,21,25)/t12-,16-,17-/m1/s1. The number of carbonyl (C=O) groups is 1. The molecule has 1 aliphatic rings. The van der Waals surface area contributed by atoms with E-state index in [1.54, 1.807) is 4.68 Å². The second-order valence-corrected chi connectivity index (χ2v) is 14.2. The van der Waals surface area contributed by atoms with Gasteiger partial charge in [0.25, 0.3) is 0 Å². The minimum absolute atomic E-state index is 0.00384. The first-order valence-corrected chi connectivity index (χ1v) is 12.9. The van der Waals surface area contributed by atoms with Crippen LogP contribution in [0.25, 0.3) is 11.3 Å². The number of hydrogen-bond acceptors (Lipinski definition) is 4. The fraction of sp³-hybridized carbons (Fsp3) is 0.526. The van der Waals surface area contributed by atoms with E-state index in [1.165, 1.54) is 0 Å². The van der Waals surface area contributed by atoms with Gasteiger partial charge in [0.1, 0.15) is 17.8 Å². The van der Waals surface area contributed by atoms with E-state index in [0.717, 1.165) is 15.7 Å². The molecule has 3 rings (SSSR count). The Morgan fingerprint density at radius 2 is 1.96 bits per heavy atom. The van der Waals surface area contributed by atoms with Gasteiger partial charge < -0.3 is 9.74 Å². The molecule has 1 fully saturated rings. The van der Waals surface area contributed by atoms with E-state index in [-0.39, 0.29) is 29.1 Å². The zero-order valence-electron chi connectivity index (χ0n) is 16.7. The Morgan fingerprint density at radius 1 is 1.30 bits per heavy atom. The summed E-state index contributed by atoms with van der Waals surface area (Å²) in [5, 5.41) is 11.6. The Labute approximate surface area is 169 Å². The molecule has 8 heteroatoms. The van der Waals surface area contributed by atoms with Crippen LogP contribution in [0, 0.1) is 5.92 Å². The second-order valence-electron chi connectivity index (χ2n) is 8.63. The van der Waals surface area contributed by atoms with Gasteiger partial charge >= 0.3 is 0 Å². The van der Waals surface area contributed by atoms with Gasteiger partial charge in [0.05, 0.1) is 12.3 Å². The van der Waals surface area contributed by atoms with E-state index in [0.29, 0.717) is 0 Å². The van der Waals surface area contributed by atoms with Crippen LogP contribution >= 0.6 is 15.9 Å². The molecule has 0 unspecified atom stereocenters. The lowest BCUT2D eigenvalue weighted by molar-refractivity contribution is -0.144. The highest BCUT2D eigenvalue weighted by Gasteiger charge is 2.48. The lowest BCUT2D eigenvalue weighted by atomic mass is 9.92. The zero-order valence-corrected chi connectivity index (χ0v) is 19.2. The summed E-state index contributed by atoms with van der Waals surface area (Å²) in [6.07, 6.45) is 1.46. The van der Waals surface area contributed by atoms with Crippen LogP contribution in [0.5, 0.6) is 0 Å². The van der Waals surface area contributed by atoms with Crippen molar-refractivity contribution in [2.45, 2.75) is 58.1 Å². The van der Waals surface area contributed by atoms with Crippen molar-refractivity contribution in [2.24, 2.45) is 5.92 Å². The molecule has 2 heterocycles. The third-order valence-electron chi connectivity index (χ3n) is 5.67. The summed E-state index contributed by atoms with van der Waals surface area (Å²) < 4.78 is 9.14.